The number of carbonyl (C=O) groups is 1. The molecule has 2 fully saturated rings. The van der Waals surface area contributed by atoms with Gasteiger partial charge in [-0.1, -0.05) is 52.3 Å². The standard InChI is InChI=1S/C22H22BrNO2/c1-26-20(25)22-13-24-12-19(22)21(14-5-4-6-15(23)11-14)10-9-18(22)16-7-2-3-8-17(16)21/h2-8,11,18-19,24H,9-10,12-13H2,1H3. The third-order valence-corrected chi connectivity index (χ3v) is 7.65. The fraction of sp³-hybridized carbons (Fsp3) is 0.409. The molecule has 0 amide bonds. The van der Waals surface area contributed by atoms with Gasteiger partial charge in [-0.15, -0.1) is 0 Å². The number of methoxy groups -OCH3 is 1. The summed E-state index contributed by atoms with van der Waals surface area (Å²) in [4.78, 5) is 13.1. The van der Waals surface area contributed by atoms with Crippen molar-refractivity contribution in [3.05, 3.63) is 69.7 Å². The van der Waals surface area contributed by atoms with Crippen LogP contribution in [0.25, 0.3) is 0 Å². The zero-order chi connectivity index (χ0) is 17.9. The number of rotatable bonds is 2. The first kappa shape index (κ1) is 16.5. The van der Waals surface area contributed by atoms with Crippen LogP contribution in [0.3, 0.4) is 0 Å². The maximum atomic E-state index is 13.1. The van der Waals surface area contributed by atoms with Gasteiger partial charge in [0.15, 0.2) is 0 Å². The number of esters is 1. The molecular weight excluding hydrogens is 390 g/mol. The van der Waals surface area contributed by atoms with Gasteiger partial charge in [0.2, 0.25) is 0 Å². The fourth-order valence-corrected chi connectivity index (χ4v) is 6.69. The Bertz CT molecular complexity index is 897. The van der Waals surface area contributed by atoms with E-state index in [9.17, 15) is 4.79 Å². The van der Waals surface area contributed by atoms with Crippen LogP contribution in [0.5, 0.6) is 0 Å². The van der Waals surface area contributed by atoms with Crippen LogP contribution >= 0.6 is 15.9 Å². The number of benzene rings is 2. The zero-order valence-corrected chi connectivity index (χ0v) is 16.4. The molecule has 3 nitrogen and oxygen atoms in total. The van der Waals surface area contributed by atoms with Gasteiger partial charge >= 0.3 is 5.97 Å². The van der Waals surface area contributed by atoms with Gasteiger partial charge in [-0.05, 0) is 41.7 Å². The first-order valence-electron chi connectivity index (χ1n) is 9.29. The second-order valence-electron chi connectivity index (χ2n) is 7.88. The van der Waals surface area contributed by atoms with Crippen molar-refractivity contribution >= 4 is 21.9 Å². The molecule has 2 aromatic rings. The lowest BCUT2D eigenvalue weighted by Crippen LogP contribution is -2.60. The van der Waals surface area contributed by atoms with Crippen molar-refractivity contribution in [2.45, 2.75) is 24.2 Å². The summed E-state index contributed by atoms with van der Waals surface area (Å²) >= 11 is 3.66. The van der Waals surface area contributed by atoms with E-state index < -0.39 is 5.41 Å². The molecule has 1 saturated carbocycles. The zero-order valence-electron chi connectivity index (χ0n) is 14.8. The topological polar surface area (TPSA) is 38.3 Å². The lowest BCUT2D eigenvalue weighted by atomic mass is 9.42. The third kappa shape index (κ3) is 1.84. The van der Waals surface area contributed by atoms with Crippen LogP contribution in [0.2, 0.25) is 0 Å². The van der Waals surface area contributed by atoms with Crippen LogP contribution in [0.1, 0.15) is 35.4 Å². The number of hydrogen-bond acceptors (Lipinski definition) is 3. The molecular formula is C22H22BrNO2. The molecule has 2 bridgehead atoms. The van der Waals surface area contributed by atoms with Crippen LogP contribution < -0.4 is 5.32 Å². The van der Waals surface area contributed by atoms with Crippen molar-refractivity contribution in [1.29, 1.82) is 0 Å². The summed E-state index contributed by atoms with van der Waals surface area (Å²) in [5.74, 6) is 0.400. The van der Waals surface area contributed by atoms with Crippen LogP contribution in [-0.4, -0.2) is 26.2 Å². The molecule has 4 unspecified atom stereocenters. The van der Waals surface area contributed by atoms with E-state index in [1.165, 1.54) is 23.8 Å². The molecule has 0 aromatic heterocycles. The highest BCUT2D eigenvalue weighted by molar-refractivity contribution is 9.10. The van der Waals surface area contributed by atoms with Crippen LogP contribution in [-0.2, 0) is 14.9 Å². The monoisotopic (exact) mass is 411 g/mol. The Hall–Kier alpha value is -1.65. The largest absolute Gasteiger partial charge is 0.469 e. The summed E-state index contributed by atoms with van der Waals surface area (Å²) in [6, 6.07) is 17.4. The van der Waals surface area contributed by atoms with Gasteiger partial charge in [0.05, 0.1) is 12.5 Å². The number of nitrogens with one attached hydrogen (secondary N) is 1. The second kappa shape index (κ2) is 5.67. The molecule has 4 atom stereocenters. The quantitative estimate of drug-likeness (QED) is 0.758. The minimum atomic E-state index is -0.469. The lowest BCUT2D eigenvalue weighted by Gasteiger charge is -2.59. The minimum absolute atomic E-state index is 0.0499. The van der Waals surface area contributed by atoms with Gasteiger partial charge < -0.3 is 10.1 Å². The Morgan fingerprint density at radius 3 is 2.88 bits per heavy atom. The first-order chi connectivity index (χ1) is 12.6. The number of ether oxygens (including phenoxy) is 1. The molecule has 1 saturated heterocycles. The molecule has 4 heteroatoms. The molecule has 0 spiro atoms. The highest BCUT2D eigenvalue weighted by atomic mass is 79.9. The van der Waals surface area contributed by atoms with E-state index >= 15 is 0 Å². The summed E-state index contributed by atoms with van der Waals surface area (Å²) in [5, 5.41) is 3.55. The summed E-state index contributed by atoms with van der Waals surface area (Å²) in [5.41, 5.74) is 3.43. The molecule has 1 aliphatic heterocycles. The van der Waals surface area contributed by atoms with Crippen molar-refractivity contribution in [3.8, 4) is 0 Å². The molecule has 4 aliphatic rings. The average molecular weight is 412 g/mol. The number of hydrogen-bond donors (Lipinski definition) is 1. The van der Waals surface area contributed by atoms with E-state index in [-0.39, 0.29) is 23.2 Å². The molecule has 6 rings (SSSR count). The smallest absolute Gasteiger partial charge is 0.314 e. The summed E-state index contributed by atoms with van der Waals surface area (Å²) < 4.78 is 6.47. The minimum Gasteiger partial charge on any atom is -0.469 e. The number of halogens is 1. The molecule has 3 aliphatic carbocycles. The van der Waals surface area contributed by atoms with Crippen molar-refractivity contribution < 1.29 is 9.53 Å². The molecule has 2 aromatic carbocycles. The Kier molecular flexibility index (Phi) is 3.60. The highest BCUT2D eigenvalue weighted by Crippen LogP contribution is 2.68. The Labute approximate surface area is 162 Å². The maximum absolute atomic E-state index is 13.1. The van der Waals surface area contributed by atoms with Crippen LogP contribution in [0.4, 0.5) is 0 Å². The number of fused-ring (bicyclic) bond motifs is 1. The van der Waals surface area contributed by atoms with Gasteiger partial charge in [-0.25, -0.2) is 0 Å². The summed E-state index contributed by atoms with van der Waals surface area (Å²) in [7, 11) is 1.53. The Balaban J connectivity index is 1.84. The summed E-state index contributed by atoms with van der Waals surface area (Å²) in [6.07, 6.45) is 2.10. The Morgan fingerprint density at radius 2 is 2.08 bits per heavy atom. The normalized spacial score (nSPS) is 34.2. The number of carbonyl (C=O) groups excluding carboxylic acids is 1. The van der Waals surface area contributed by atoms with Gasteiger partial charge in [0, 0.05) is 34.8 Å². The van der Waals surface area contributed by atoms with E-state index in [2.05, 4.69) is 69.8 Å². The van der Waals surface area contributed by atoms with Gasteiger partial charge in [0.25, 0.3) is 0 Å². The molecule has 0 radical (unpaired) electrons. The SMILES string of the molecule is COC(=O)C12CNCC1C1(c3cccc(Br)c3)CCC2c2ccccc21. The predicted octanol–water partition coefficient (Wildman–Crippen LogP) is 4.01. The van der Waals surface area contributed by atoms with Crippen molar-refractivity contribution in [3.63, 3.8) is 0 Å². The average Bonchev–Trinajstić information content (AvgIpc) is 3.15. The second-order valence-corrected chi connectivity index (χ2v) is 8.79. The molecule has 26 heavy (non-hydrogen) atoms. The molecule has 1 N–H and O–H groups in total. The van der Waals surface area contributed by atoms with Crippen LogP contribution in [0.15, 0.2) is 53.0 Å². The lowest BCUT2D eigenvalue weighted by molar-refractivity contribution is -0.161. The van der Waals surface area contributed by atoms with Gasteiger partial charge in [-0.3, -0.25) is 4.79 Å². The predicted molar refractivity (Wildman–Crippen MR) is 104 cm³/mol. The van der Waals surface area contributed by atoms with E-state index in [0.717, 1.165) is 23.9 Å². The Morgan fingerprint density at radius 1 is 1.23 bits per heavy atom. The van der Waals surface area contributed by atoms with E-state index in [1.54, 1.807) is 0 Å². The van der Waals surface area contributed by atoms with E-state index in [4.69, 9.17) is 4.74 Å². The van der Waals surface area contributed by atoms with E-state index in [0.29, 0.717) is 6.54 Å². The van der Waals surface area contributed by atoms with Gasteiger partial charge in [0.1, 0.15) is 0 Å². The highest BCUT2D eigenvalue weighted by Gasteiger charge is 2.69. The maximum Gasteiger partial charge on any atom is 0.314 e. The first-order valence-corrected chi connectivity index (χ1v) is 10.1. The van der Waals surface area contributed by atoms with Crippen molar-refractivity contribution in [2.75, 3.05) is 20.2 Å². The van der Waals surface area contributed by atoms with Gasteiger partial charge in [-0.2, -0.15) is 0 Å². The van der Waals surface area contributed by atoms with Crippen molar-refractivity contribution in [2.24, 2.45) is 11.3 Å². The molecule has 134 valence electrons. The fourth-order valence-electron chi connectivity index (χ4n) is 6.29. The van der Waals surface area contributed by atoms with Crippen LogP contribution in [0, 0.1) is 11.3 Å². The van der Waals surface area contributed by atoms with E-state index in [1.807, 2.05) is 0 Å². The van der Waals surface area contributed by atoms with Crippen molar-refractivity contribution in [1.82, 2.24) is 5.32 Å². The third-order valence-electron chi connectivity index (χ3n) is 7.15. The summed E-state index contributed by atoms with van der Waals surface area (Å²) in [6.45, 7) is 1.56. The molecule has 1 heterocycles.